The highest BCUT2D eigenvalue weighted by molar-refractivity contribution is 7.80. The maximum Gasteiger partial charge on any atom is 0.217 e. The van der Waals surface area contributed by atoms with E-state index in [1.54, 1.807) is 0 Å². The highest BCUT2D eigenvalue weighted by atomic mass is 32.3. The van der Waals surface area contributed by atoms with Crippen molar-refractivity contribution in [2.24, 2.45) is 7.05 Å². The molecule has 0 fully saturated rings. The van der Waals surface area contributed by atoms with Crippen molar-refractivity contribution in [2.45, 2.75) is 0 Å². The van der Waals surface area contributed by atoms with Crippen LogP contribution < -0.4 is 4.57 Å². The number of rotatable bonds is 2. The Balaban J connectivity index is 0.000000288. The van der Waals surface area contributed by atoms with Gasteiger partial charge in [-0.15, -0.1) is 0 Å². The Labute approximate surface area is 89.6 Å². The van der Waals surface area contributed by atoms with Crippen molar-refractivity contribution in [2.75, 3.05) is 7.11 Å². The summed E-state index contributed by atoms with van der Waals surface area (Å²) in [7, 11) is -1.61. The molecule has 0 N–H and O–H groups in total. The Kier molecular flexibility index (Phi) is 5.76. The molecule has 15 heavy (non-hydrogen) atoms. The molecule has 0 aliphatic carbocycles. The zero-order valence-electron chi connectivity index (χ0n) is 8.58. The minimum atomic E-state index is -4.41. The molecule has 0 saturated heterocycles. The molecule has 0 bridgehead atoms. The average molecular weight is 231 g/mol. The number of hydrogen-bond donors (Lipinski definition) is 0. The van der Waals surface area contributed by atoms with Crippen LogP contribution in [0.25, 0.3) is 6.08 Å². The summed E-state index contributed by atoms with van der Waals surface area (Å²) in [6.07, 6.45) is 3.83. The van der Waals surface area contributed by atoms with Crippen molar-refractivity contribution < 1.29 is 21.7 Å². The Bertz CT molecular complexity index is 414. The molecular weight excluding hydrogens is 218 g/mol. The molecule has 0 atom stereocenters. The average Bonchev–Trinajstić information content (AvgIpc) is 2.18. The second-order valence-electron chi connectivity index (χ2n) is 2.52. The lowest BCUT2D eigenvalue weighted by Crippen LogP contribution is -2.30. The molecule has 5 nitrogen and oxygen atoms in total. The summed E-state index contributed by atoms with van der Waals surface area (Å²) in [5, 5.41) is 0. The first-order valence-corrected chi connectivity index (χ1v) is 5.32. The number of aryl methyl sites for hydroxylation is 1. The molecule has 0 aliphatic heterocycles. The lowest BCUT2D eigenvalue weighted by Gasteiger charge is -1.98. The van der Waals surface area contributed by atoms with Crippen LogP contribution in [-0.2, 0) is 21.6 Å². The van der Waals surface area contributed by atoms with Gasteiger partial charge in [0.05, 0.1) is 7.11 Å². The highest BCUT2D eigenvalue weighted by Crippen LogP contribution is 1.89. The molecule has 0 spiro atoms. The highest BCUT2D eigenvalue weighted by Gasteiger charge is 1.94. The fourth-order valence-corrected chi connectivity index (χ4v) is 0.749. The van der Waals surface area contributed by atoms with E-state index in [0.717, 1.165) is 12.8 Å². The normalized spacial score (nSPS) is 10.1. The first kappa shape index (κ1) is 13.8. The third-order valence-corrected chi connectivity index (χ3v) is 1.92. The van der Waals surface area contributed by atoms with Crippen LogP contribution in [0.4, 0.5) is 0 Å². The minimum Gasteiger partial charge on any atom is -0.726 e. The van der Waals surface area contributed by atoms with Gasteiger partial charge in [-0.3, -0.25) is 4.18 Å². The van der Waals surface area contributed by atoms with E-state index in [0.29, 0.717) is 0 Å². The standard InChI is InChI=1S/C8H10N.CH4O4S/c1-3-8-6-4-5-7-9(8)2;1-5-6(2,3)4/h3-7H,1H2,2H3;1H3,(H,2,3,4)/q+1;/p-1. The van der Waals surface area contributed by atoms with E-state index in [-0.39, 0.29) is 0 Å². The Morgan fingerprint density at radius 1 is 1.53 bits per heavy atom. The third kappa shape index (κ3) is 6.78. The van der Waals surface area contributed by atoms with Gasteiger partial charge >= 0.3 is 0 Å². The number of pyridine rings is 1. The number of aromatic nitrogens is 1. The number of hydrogen-bond acceptors (Lipinski definition) is 4. The van der Waals surface area contributed by atoms with Crippen LogP contribution in [0, 0.1) is 0 Å². The molecule has 0 unspecified atom stereocenters. The molecule has 1 heterocycles. The van der Waals surface area contributed by atoms with Crippen molar-refractivity contribution in [3.8, 4) is 0 Å². The first-order valence-electron chi connectivity index (χ1n) is 3.99. The second kappa shape index (κ2) is 6.28. The quantitative estimate of drug-likeness (QED) is 0.415. The first-order chi connectivity index (χ1) is 6.90. The summed E-state index contributed by atoms with van der Waals surface area (Å²) in [6.45, 7) is 3.67. The largest absolute Gasteiger partial charge is 0.726 e. The van der Waals surface area contributed by atoms with Crippen molar-refractivity contribution in [1.29, 1.82) is 0 Å². The summed E-state index contributed by atoms with van der Waals surface area (Å²) in [5.41, 5.74) is 1.14. The lowest BCUT2D eigenvalue weighted by molar-refractivity contribution is -0.673. The maximum atomic E-state index is 9.22. The van der Waals surface area contributed by atoms with E-state index >= 15 is 0 Å². The predicted molar refractivity (Wildman–Crippen MR) is 54.4 cm³/mol. The van der Waals surface area contributed by atoms with Gasteiger partial charge < -0.3 is 4.55 Å². The van der Waals surface area contributed by atoms with Crippen LogP contribution in [0.1, 0.15) is 5.69 Å². The molecule has 0 aromatic carbocycles. The summed E-state index contributed by atoms with van der Waals surface area (Å²) in [5.74, 6) is 0. The Morgan fingerprint density at radius 2 is 2.07 bits per heavy atom. The molecule has 0 aliphatic rings. The van der Waals surface area contributed by atoms with Gasteiger partial charge in [0, 0.05) is 18.2 Å². The summed E-state index contributed by atoms with van der Waals surface area (Å²) in [4.78, 5) is 0. The molecule has 0 radical (unpaired) electrons. The molecule has 0 amide bonds. The zero-order valence-corrected chi connectivity index (χ0v) is 9.40. The van der Waals surface area contributed by atoms with Crippen LogP contribution in [0.15, 0.2) is 31.0 Å². The topological polar surface area (TPSA) is 70.3 Å². The maximum absolute atomic E-state index is 9.22. The van der Waals surface area contributed by atoms with E-state index in [1.165, 1.54) is 0 Å². The summed E-state index contributed by atoms with van der Waals surface area (Å²) >= 11 is 0. The lowest BCUT2D eigenvalue weighted by atomic mass is 10.3. The van der Waals surface area contributed by atoms with Crippen LogP contribution in [-0.4, -0.2) is 20.1 Å². The van der Waals surface area contributed by atoms with Crippen LogP contribution in [0.5, 0.6) is 0 Å². The van der Waals surface area contributed by atoms with Crippen LogP contribution in [0.3, 0.4) is 0 Å². The van der Waals surface area contributed by atoms with Gasteiger partial charge in [0.1, 0.15) is 7.05 Å². The number of nitrogens with zero attached hydrogens (tertiary/aromatic N) is 1. The second-order valence-corrected chi connectivity index (χ2v) is 3.67. The zero-order chi connectivity index (χ0) is 11.9. The van der Waals surface area contributed by atoms with E-state index in [4.69, 9.17) is 0 Å². The van der Waals surface area contributed by atoms with Gasteiger partial charge in [-0.25, -0.2) is 13.0 Å². The van der Waals surface area contributed by atoms with Crippen molar-refractivity contribution >= 4 is 16.5 Å². The monoisotopic (exact) mass is 231 g/mol. The summed E-state index contributed by atoms with van der Waals surface area (Å²) in [6, 6.07) is 6.01. The van der Waals surface area contributed by atoms with E-state index in [1.807, 2.05) is 42.1 Å². The van der Waals surface area contributed by atoms with Gasteiger partial charge in [-0.1, -0.05) is 6.58 Å². The molecule has 1 aromatic heterocycles. The van der Waals surface area contributed by atoms with Gasteiger partial charge in [0.15, 0.2) is 6.20 Å². The Morgan fingerprint density at radius 3 is 2.33 bits per heavy atom. The van der Waals surface area contributed by atoms with Crippen molar-refractivity contribution in [3.05, 3.63) is 36.7 Å². The SMILES string of the molecule is C=Cc1cccc[n+]1C.COS(=O)(=O)[O-]. The van der Waals surface area contributed by atoms with Crippen molar-refractivity contribution in [1.82, 2.24) is 0 Å². The minimum absolute atomic E-state index is 0.808. The molecule has 1 aromatic rings. The predicted octanol–water partition coefficient (Wildman–Crippen LogP) is 0.247. The molecule has 1 rings (SSSR count). The fraction of sp³-hybridized carbons (Fsp3) is 0.222. The molecule has 0 saturated carbocycles. The smallest absolute Gasteiger partial charge is 0.217 e. The van der Waals surface area contributed by atoms with E-state index in [2.05, 4.69) is 10.8 Å². The Hall–Kier alpha value is -1.24. The van der Waals surface area contributed by atoms with Crippen LogP contribution >= 0.6 is 0 Å². The molecule has 6 heteroatoms. The van der Waals surface area contributed by atoms with Crippen molar-refractivity contribution in [3.63, 3.8) is 0 Å². The van der Waals surface area contributed by atoms with E-state index in [9.17, 15) is 13.0 Å². The summed E-state index contributed by atoms with van der Waals surface area (Å²) < 4.78 is 33.0. The molecular formula is C9H13NO4S. The third-order valence-electron chi connectivity index (χ3n) is 1.51. The van der Waals surface area contributed by atoms with Gasteiger partial charge in [-0.05, 0) is 6.07 Å². The molecule has 84 valence electrons. The van der Waals surface area contributed by atoms with E-state index < -0.39 is 10.4 Å². The van der Waals surface area contributed by atoms with Gasteiger partial charge in [-0.2, -0.15) is 0 Å². The fourth-order valence-electron chi connectivity index (χ4n) is 0.749. The van der Waals surface area contributed by atoms with Gasteiger partial charge in [0.2, 0.25) is 16.1 Å². The van der Waals surface area contributed by atoms with Gasteiger partial charge in [0.25, 0.3) is 0 Å². The van der Waals surface area contributed by atoms with Crippen LogP contribution in [0.2, 0.25) is 0 Å².